The van der Waals surface area contributed by atoms with Crippen molar-refractivity contribution in [1.29, 1.82) is 0 Å². The Morgan fingerprint density at radius 3 is 2.23 bits per heavy atom. The molecular formula is C11H21NO. The Balaban J connectivity index is 1.96. The van der Waals surface area contributed by atoms with E-state index < -0.39 is 0 Å². The lowest BCUT2D eigenvalue weighted by Gasteiger charge is -2.61. The molecule has 0 unspecified atom stereocenters. The van der Waals surface area contributed by atoms with Gasteiger partial charge in [-0.3, -0.25) is 0 Å². The first kappa shape index (κ1) is 9.47. The Morgan fingerprint density at radius 1 is 1.31 bits per heavy atom. The smallest absolute Gasteiger partial charge is 0.0668 e. The summed E-state index contributed by atoms with van der Waals surface area (Å²) in [6.07, 6.45) is 5.43. The van der Waals surface area contributed by atoms with Gasteiger partial charge in [-0.25, -0.2) is 0 Å². The molecule has 0 amide bonds. The van der Waals surface area contributed by atoms with E-state index in [1.165, 1.54) is 19.3 Å². The fraction of sp³-hybridized carbons (Fsp3) is 1.00. The highest BCUT2D eigenvalue weighted by Crippen LogP contribution is 2.57. The molecule has 2 atom stereocenters. The molecule has 2 nitrogen and oxygen atoms in total. The van der Waals surface area contributed by atoms with Crippen LogP contribution in [0.25, 0.3) is 0 Å². The average Bonchev–Trinajstić information content (AvgIpc) is 1.78. The minimum Gasteiger partial charge on any atom is -0.372 e. The second-order valence-corrected chi connectivity index (χ2v) is 5.65. The van der Waals surface area contributed by atoms with Gasteiger partial charge in [-0.15, -0.1) is 0 Å². The molecule has 0 aromatic carbocycles. The third kappa shape index (κ3) is 1.40. The molecule has 2 heteroatoms. The van der Waals surface area contributed by atoms with Crippen molar-refractivity contribution in [1.82, 2.24) is 0 Å². The van der Waals surface area contributed by atoms with Crippen LogP contribution in [0, 0.1) is 5.41 Å². The fourth-order valence-corrected chi connectivity index (χ4v) is 2.65. The zero-order valence-electron chi connectivity index (χ0n) is 8.97. The molecule has 0 saturated heterocycles. The van der Waals surface area contributed by atoms with Gasteiger partial charge in [-0.2, -0.15) is 0 Å². The number of ether oxygens (including phenoxy) is 1. The Labute approximate surface area is 80.8 Å². The molecule has 0 aromatic heterocycles. The summed E-state index contributed by atoms with van der Waals surface area (Å²) in [7, 11) is 0. The van der Waals surface area contributed by atoms with Crippen LogP contribution in [-0.2, 0) is 4.74 Å². The predicted octanol–water partition coefficient (Wildman–Crippen LogP) is 2.07. The van der Waals surface area contributed by atoms with Gasteiger partial charge in [0.05, 0.1) is 11.7 Å². The van der Waals surface area contributed by atoms with Crippen molar-refractivity contribution in [2.24, 2.45) is 11.1 Å². The zero-order chi connectivity index (χ0) is 9.69. The fourth-order valence-electron chi connectivity index (χ4n) is 2.65. The molecule has 2 fully saturated rings. The SMILES string of the molecule is CC(C)(C)O[C@@H]1C[C@@H](N)C12CCC2. The lowest BCUT2D eigenvalue weighted by Crippen LogP contribution is -2.66. The van der Waals surface area contributed by atoms with Gasteiger partial charge in [-0.05, 0) is 40.0 Å². The van der Waals surface area contributed by atoms with Gasteiger partial charge in [0.2, 0.25) is 0 Å². The Kier molecular flexibility index (Phi) is 1.97. The first-order chi connectivity index (χ1) is 5.94. The maximum atomic E-state index is 6.05. The lowest BCUT2D eigenvalue weighted by molar-refractivity contribution is -0.207. The Hall–Kier alpha value is -0.0800. The summed E-state index contributed by atoms with van der Waals surface area (Å²) in [5, 5.41) is 0. The number of nitrogens with two attached hydrogens (primary N) is 1. The molecule has 0 bridgehead atoms. The molecule has 1 spiro atoms. The summed E-state index contributed by atoms with van der Waals surface area (Å²) in [4.78, 5) is 0. The van der Waals surface area contributed by atoms with Gasteiger partial charge in [0.25, 0.3) is 0 Å². The van der Waals surface area contributed by atoms with E-state index in [0.717, 1.165) is 6.42 Å². The van der Waals surface area contributed by atoms with Crippen molar-refractivity contribution < 1.29 is 4.74 Å². The second-order valence-electron chi connectivity index (χ2n) is 5.65. The molecule has 2 aliphatic rings. The first-order valence-corrected chi connectivity index (χ1v) is 5.37. The molecule has 0 heterocycles. The third-order valence-electron chi connectivity index (χ3n) is 3.63. The summed E-state index contributed by atoms with van der Waals surface area (Å²) < 4.78 is 6.02. The number of hydrogen-bond acceptors (Lipinski definition) is 2. The van der Waals surface area contributed by atoms with Gasteiger partial charge in [0.1, 0.15) is 0 Å². The van der Waals surface area contributed by atoms with E-state index in [9.17, 15) is 0 Å². The van der Waals surface area contributed by atoms with Crippen molar-refractivity contribution in [2.75, 3.05) is 0 Å². The molecule has 0 aromatic rings. The van der Waals surface area contributed by atoms with Crippen LogP contribution in [-0.4, -0.2) is 17.7 Å². The van der Waals surface area contributed by atoms with Crippen molar-refractivity contribution in [3.05, 3.63) is 0 Å². The summed E-state index contributed by atoms with van der Waals surface area (Å²) in [6, 6.07) is 0.411. The molecule has 0 radical (unpaired) electrons. The minimum absolute atomic E-state index is 0.00655. The monoisotopic (exact) mass is 183 g/mol. The normalized spacial score (nSPS) is 36.9. The Morgan fingerprint density at radius 2 is 1.92 bits per heavy atom. The van der Waals surface area contributed by atoms with Crippen molar-refractivity contribution in [3.8, 4) is 0 Å². The highest BCUT2D eigenvalue weighted by molar-refractivity contribution is 5.11. The maximum absolute atomic E-state index is 6.05. The van der Waals surface area contributed by atoms with Crippen molar-refractivity contribution in [2.45, 2.75) is 64.2 Å². The molecule has 0 aliphatic heterocycles. The second kappa shape index (κ2) is 2.71. The van der Waals surface area contributed by atoms with Crippen LogP contribution >= 0.6 is 0 Å². The van der Waals surface area contributed by atoms with Crippen LogP contribution in [0.3, 0.4) is 0 Å². The van der Waals surface area contributed by atoms with E-state index >= 15 is 0 Å². The van der Waals surface area contributed by atoms with Crippen LogP contribution in [0.5, 0.6) is 0 Å². The van der Waals surface area contributed by atoms with Crippen LogP contribution in [0.4, 0.5) is 0 Å². The summed E-state index contributed by atoms with van der Waals surface area (Å²) in [5.74, 6) is 0. The van der Waals surface area contributed by atoms with E-state index in [-0.39, 0.29) is 5.60 Å². The lowest BCUT2D eigenvalue weighted by atomic mass is 9.51. The number of rotatable bonds is 1. The van der Waals surface area contributed by atoms with E-state index in [2.05, 4.69) is 20.8 Å². The summed E-state index contributed by atoms with van der Waals surface area (Å²) in [5.41, 5.74) is 6.42. The topological polar surface area (TPSA) is 35.2 Å². The minimum atomic E-state index is -0.00655. The first-order valence-electron chi connectivity index (χ1n) is 5.37. The molecular weight excluding hydrogens is 162 g/mol. The maximum Gasteiger partial charge on any atom is 0.0668 e. The molecule has 2 saturated carbocycles. The van der Waals surface area contributed by atoms with E-state index in [1.54, 1.807) is 0 Å². The highest BCUT2D eigenvalue weighted by atomic mass is 16.5. The molecule has 2 aliphatic carbocycles. The van der Waals surface area contributed by atoms with Gasteiger partial charge < -0.3 is 10.5 Å². The van der Waals surface area contributed by atoms with Gasteiger partial charge in [0, 0.05) is 11.5 Å². The van der Waals surface area contributed by atoms with Crippen LogP contribution < -0.4 is 5.73 Å². The van der Waals surface area contributed by atoms with Gasteiger partial charge in [-0.1, -0.05) is 6.42 Å². The summed E-state index contributed by atoms with van der Waals surface area (Å²) in [6.45, 7) is 6.38. The van der Waals surface area contributed by atoms with Crippen LogP contribution in [0.2, 0.25) is 0 Å². The quantitative estimate of drug-likeness (QED) is 0.675. The standard InChI is InChI=1S/C11H21NO/c1-10(2,3)13-9-7-8(12)11(9)5-4-6-11/h8-9H,4-7,12H2,1-3H3/t8-,9-/m1/s1. The molecule has 13 heavy (non-hydrogen) atoms. The summed E-state index contributed by atoms with van der Waals surface area (Å²) >= 11 is 0. The highest BCUT2D eigenvalue weighted by Gasteiger charge is 2.58. The molecule has 2 rings (SSSR count). The zero-order valence-corrected chi connectivity index (χ0v) is 8.97. The van der Waals surface area contributed by atoms with E-state index in [4.69, 9.17) is 10.5 Å². The van der Waals surface area contributed by atoms with Crippen LogP contribution in [0.15, 0.2) is 0 Å². The van der Waals surface area contributed by atoms with Crippen LogP contribution in [0.1, 0.15) is 46.5 Å². The predicted molar refractivity (Wildman–Crippen MR) is 53.5 cm³/mol. The van der Waals surface area contributed by atoms with Crippen molar-refractivity contribution in [3.63, 3.8) is 0 Å². The molecule has 2 N–H and O–H groups in total. The molecule has 76 valence electrons. The van der Waals surface area contributed by atoms with Crippen molar-refractivity contribution >= 4 is 0 Å². The Bertz CT molecular complexity index is 203. The average molecular weight is 183 g/mol. The van der Waals surface area contributed by atoms with Gasteiger partial charge >= 0.3 is 0 Å². The van der Waals surface area contributed by atoms with E-state index in [0.29, 0.717) is 17.6 Å². The number of hydrogen-bond donors (Lipinski definition) is 1. The largest absolute Gasteiger partial charge is 0.372 e. The third-order valence-corrected chi connectivity index (χ3v) is 3.63. The van der Waals surface area contributed by atoms with E-state index in [1.807, 2.05) is 0 Å². The van der Waals surface area contributed by atoms with Gasteiger partial charge in [0.15, 0.2) is 0 Å².